The topological polar surface area (TPSA) is 79.6 Å². The molecular weight excluding hydrogens is 284 g/mol. The van der Waals surface area contributed by atoms with Crippen LogP contribution in [0.3, 0.4) is 0 Å². The van der Waals surface area contributed by atoms with Gasteiger partial charge in [-0.05, 0) is 33.2 Å². The fraction of sp³-hybridized carbons (Fsp3) is 0.312. The highest BCUT2D eigenvalue weighted by Crippen LogP contribution is 2.27. The van der Waals surface area contributed by atoms with E-state index in [1.54, 1.807) is 37.2 Å². The molecular formula is C16H18N2O4. The number of benzene rings is 1. The second kappa shape index (κ2) is 6.11. The molecule has 0 saturated carbocycles. The monoisotopic (exact) mass is 302 g/mol. The molecule has 2 rings (SSSR count). The third-order valence-electron chi connectivity index (χ3n) is 3.12. The van der Waals surface area contributed by atoms with Crippen LogP contribution in [-0.2, 0) is 4.79 Å². The zero-order valence-electron chi connectivity index (χ0n) is 13.0. The highest BCUT2D eigenvalue weighted by Gasteiger charge is 2.16. The summed E-state index contributed by atoms with van der Waals surface area (Å²) in [5.74, 6) is -0.377. The molecule has 1 aromatic heterocycles. The molecule has 0 fully saturated rings. The number of ketones is 2. The Kier molecular flexibility index (Phi) is 4.42. The summed E-state index contributed by atoms with van der Waals surface area (Å²) in [6.07, 6.45) is 0. The summed E-state index contributed by atoms with van der Waals surface area (Å²) >= 11 is 0. The first-order valence-corrected chi connectivity index (χ1v) is 6.82. The standard InChI is InChI=1S/C16H18N2O4/c1-9(19)12-5-11-6-14(10(2)20)22-15(11)7-13(12)17-16(21)8-18(3)4/h5-7H,8H2,1-4H3,(H,17,21). The van der Waals surface area contributed by atoms with Crippen molar-refractivity contribution in [2.75, 3.05) is 26.0 Å². The van der Waals surface area contributed by atoms with Crippen molar-refractivity contribution in [3.05, 3.63) is 29.5 Å². The number of anilines is 1. The molecule has 0 atom stereocenters. The van der Waals surface area contributed by atoms with Crippen LogP contribution in [0.1, 0.15) is 34.8 Å². The molecule has 1 N–H and O–H groups in total. The van der Waals surface area contributed by atoms with Crippen molar-refractivity contribution in [2.24, 2.45) is 0 Å². The van der Waals surface area contributed by atoms with Crippen LogP contribution in [0.2, 0.25) is 0 Å². The molecule has 0 saturated heterocycles. The van der Waals surface area contributed by atoms with Crippen molar-refractivity contribution >= 4 is 34.1 Å². The van der Waals surface area contributed by atoms with Gasteiger partial charge in [-0.1, -0.05) is 0 Å². The molecule has 1 amide bonds. The molecule has 0 aliphatic heterocycles. The van der Waals surface area contributed by atoms with Crippen LogP contribution in [0.4, 0.5) is 5.69 Å². The Morgan fingerprint density at radius 2 is 1.77 bits per heavy atom. The van der Waals surface area contributed by atoms with E-state index in [-0.39, 0.29) is 29.8 Å². The second-order valence-electron chi connectivity index (χ2n) is 5.44. The summed E-state index contributed by atoms with van der Waals surface area (Å²) in [5, 5.41) is 3.36. The van der Waals surface area contributed by atoms with Gasteiger partial charge in [-0.2, -0.15) is 0 Å². The number of carbonyl (C=O) groups excluding carboxylic acids is 3. The fourth-order valence-corrected chi connectivity index (χ4v) is 2.13. The molecule has 1 aromatic carbocycles. The highest BCUT2D eigenvalue weighted by molar-refractivity contribution is 6.08. The van der Waals surface area contributed by atoms with E-state index >= 15 is 0 Å². The lowest BCUT2D eigenvalue weighted by Gasteiger charge is -2.12. The minimum atomic E-state index is -0.231. The quantitative estimate of drug-likeness (QED) is 0.858. The lowest BCUT2D eigenvalue weighted by atomic mass is 10.1. The third kappa shape index (κ3) is 3.40. The van der Waals surface area contributed by atoms with E-state index in [9.17, 15) is 14.4 Å². The van der Waals surface area contributed by atoms with E-state index in [0.717, 1.165) is 0 Å². The Morgan fingerprint density at radius 3 is 2.32 bits per heavy atom. The first-order valence-electron chi connectivity index (χ1n) is 6.82. The number of amides is 1. The van der Waals surface area contributed by atoms with Crippen molar-refractivity contribution in [3.8, 4) is 0 Å². The molecule has 0 radical (unpaired) electrons. The van der Waals surface area contributed by atoms with Crippen LogP contribution in [0.25, 0.3) is 11.0 Å². The lowest BCUT2D eigenvalue weighted by Crippen LogP contribution is -2.27. The lowest BCUT2D eigenvalue weighted by molar-refractivity contribution is -0.116. The zero-order valence-corrected chi connectivity index (χ0v) is 13.0. The Hall–Kier alpha value is -2.47. The van der Waals surface area contributed by atoms with Gasteiger partial charge in [-0.3, -0.25) is 14.4 Å². The van der Waals surface area contributed by atoms with Crippen molar-refractivity contribution in [3.63, 3.8) is 0 Å². The van der Waals surface area contributed by atoms with Crippen molar-refractivity contribution < 1.29 is 18.8 Å². The number of hydrogen-bond donors (Lipinski definition) is 1. The molecule has 1 heterocycles. The zero-order chi connectivity index (χ0) is 16.4. The molecule has 0 aliphatic rings. The maximum atomic E-state index is 11.9. The minimum absolute atomic E-state index is 0.173. The number of carbonyl (C=O) groups is 3. The number of likely N-dealkylation sites (N-methyl/N-ethyl adjacent to an activating group) is 1. The van der Waals surface area contributed by atoms with E-state index in [0.29, 0.717) is 22.2 Å². The van der Waals surface area contributed by atoms with Crippen LogP contribution in [0.5, 0.6) is 0 Å². The van der Waals surface area contributed by atoms with Gasteiger partial charge < -0.3 is 14.6 Å². The number of furan rings is 1. The largest absolute Gasteiger partial charge is 0.453 e. The summed E-state index contributed by atoms with van der Waals surface area (Å²) in [5.41, 5.74) is 1.22. The van der Waals surface area contributed by atoms with Gasteiger partial charge in [-0.25, -0.2) is 0 Å². The number of Topliss-reactive ketones (excluding diaryl/α,β-unsaturated/α-hetero) is 2. The molecule has 6 nitrogen and oxygen atoms in total. The SMILES string of the molecule is CC(=O)c1cc2cc(C(C)=O)c(NC(=O)CN(C)C)cc2o1. The Morgan fingerprint density at radius 1 is 1.09 bits per heavy atom. The highest BCUT2D eigenvalue weighted by atomic mass is 16.3. The van der Waals surface area contributed by atoms with Gasteiger partial charge in [0.2, 0.25) is 5.91 Å². The number of nitrogens with zero attached hydrogens (tertiary/aromatic N) is 1. The summed E-state index contributed by atoms with van der Waals surface area (Å²) < 4.78 is 5.44. The maximum Gasteiger partial charge on any atom is 0.238 e. The van der Waals surface area contributed by atoms with E-state index < -0.39 is 0 Å². The number of rotatable bonds is 5. The molecule has 0 bridgehead atoms. The molecule has 116 valence electrons. The summed E-state index contributed by atoms with van der Waals surface area (Å²) in [6.45, 7) is 3.03. The van der Waals surface area contributed by atoms with Crippen molar-refractivity contribution in [1.29, 1.82) is 0 Å². The predicted molar refractivity (Wildman–Crippen MR) is 83.4 cm³/mol. The second-order valence-corrected chi connectivity index (χ2v) is 5.44. The van der Waals surface area contributed by atoms with Gasteiger partial charge in [-0.15, -0.1) is 0 Å². The van der Waals surface area contributed by atoms with Gasteiger partial charge in [0.05, 0.1) is 12.2 Å². The average Bonchev–Trinajstić information content (AvgIpc) is 2.79. The molecule has 6 heteroatoms. The maximum absolute atomic E-state index is 11.9. The molecule has 0 spiro atoms. The number of fused-ring (bicyclic) bond motifs is 1. The van der Waals surface area contributed by atoms with Crippen molar-refractivity contribution in [2.45, 2.75) is 13.8 Å². The fourth-order valence-electron chi connectivity index (χ4n) is 2.13. The summed E-state index contributed by atoms with van der Waals surface area (Å²) in [7, 11) is 3.56. The number of nitrogens with one attached hydrogen (secondary N) is 1. The van der Waals surface area contributed by atoms with Crippen LogP contribution >= 0.6 is 0 Å². The first kappa shape index (κ1) is 15.9. The molecule has 2 aromatic rings. The van der Waals surface area contributed by atoms with E-state index in [1.165, 1.54) is 13.8 Å². The van der Waals surface area contributed by atoms with Crippen LogP contribution in [0.15, 0.2) is 22.6 Å². The summed E-state index contributed by atoms with van der Waals surface area (Å²) in [6, 6.07) is 4.79. The van der Waals surface area contributed by atoms with Crippen LogP contribution < -0.4 is 5.32 Å². The van der Waals surface area contributed by atoms with Gasteiger partial charge in [0, 0.05) is 23.9 Å². The Bertz CT molecular complexity index is 759. The van der Waals surface area contributed by atoms with Gasteiger partial charge in [0.25, 0.3) is 0 Å². The van der Waals surface area contributed by atoms with Crippen LogP contribution in [-0.4, -0.2) is 43.0 Å². The van der Waals surface area contributed by atoms with Gasteiger partial charge >= 0.3 is 0 Å². The van der Waals surface area contributed by atoms with Crippen molar-refractivity contribution in [1.82, 2.24) is 4.90 Å². The number of hydrogen-bond acceptors (Lipinski definition) is 5. The molecule has 22 heavy (non-hydrogen) atoms. The average molecular weight is 302 g/mol. The smallest absolute Gasteiger partial charge is 0.238 e. The molecule has 0 unspecified atom stereocenters. The van der Waals surface area contributed by atoms with Gasteiger partial charge in [0.1, 0.15) is 5.58 Å². The first-order chi connectivity index (χ1) is 10.3. The normalized spacial score (nSPS) is 11.0. The minimum Gasteiger partial charge on any atom is -0.453 e. The van der Waals surface area contributed by atoms with E-state index in [1.807, 2.05) is 0 Å². The predicted octanol–water partition coefficient (Wildman–Crippen LogP) is 2.34. The third-order valence-corrected chi connectivity index (χ3v) is 3.12. The molecule has 0 aliphatic carbocycles. The summed E-state index contributed by atoms with van der Waals surface area (Å²) in [4.78, 5) is 36.8. The van der Waals surface area contributed by atoms with Crippen LogP contribution in [0, 0.1) is 0 Å². The van der Waals surface area contributed by atoms with E-state index in [4.69, 9.17) is 4.42 Å². The van der Waals surface area contributed by atoms with E-state index in [2.05, 4.69) is 5.32 Å². The Balaban J connectivity index is 2.46. The van der Waals surface area contributed by atoms with Gasteiger partial charge in [0.15, 0.2) is 17.3 Å². The Labute approximate surface area is 128 Å².